The van der Waals surface area contributed by atoms with Crippen LogP contribution in [0.5, 0.6) is 0 Å². The minimum Gasteiger partial charge on any atom is -0.407 e. The standard InChI is InChI=1S/C20H20FN3O2S/c1-13-3-4-15(14(2)11-13)12-19-23-24-20(26-19)22-18(25)9-10-27-17-7-5-16(21)6-8-17/h3-8,11H,9-10,12H2,1-2H3,(H,22,24,25). The van der Waals surface area contributed by atoms with E-state index in [-0.39, 0.29) is 24.2 Å². The predicted octanol–water partition coefficient (Wildman–Crippen LogP) is 4.54. The van der Waals surface area contributed by atoms with E-state index in [1.54, 1.807) is 12.1 Å². The number of aromatic nitrogens is 2. The number of anilines is 1. The van der Waals surface area contributed by atoms with E-state index in [0.717, 1.165) is 16.0 Å². The summed E-state index contributed by atoms with van der Waals surface area (Å²) in [6, 6.07) is 12.5. The molecule has 0 radical (unpaired) electrons. The van der Waals surface area contributed by atoms with Gasteiger partial charge in [-0.25, -0.2) is 4.39 Å². The first-order valence-electron chi connectivity index (χ1n) is 8.56. The van der Waals surface area contributed by atoms with Crippen molar-refractivity contribution in [1.29, 1.82) is 0 Å². The maximum absolute atomic E-state index is 12.9. The molecule has 3 rings (SSSR count). The average Bonchev–Trinajstić information content (AvgIpc) is 3.06. The maximum atomic E-state index is 12.9. The van der Waals surface area contributed by atoms with Gasteiger partial charge in [0.25, 0.3) is 0 Å². The van der Waals surface area contributed by atoms with Gasteiger partial charge in [0, 0.05) is 17.1 Å². The summed E-state index contributed by atoms with van der Waals surface area (Å²) in [4.78, 5) is 12.9. The molecule has 1 amide bonds. The van der Waals surface area contributed by atoms with Gasteiger partial charge in [-0.15, -0.1) is 16.9 Å². The van der Waals surface area contributed by atoms with E-state index in [2.05, 4.69) is 21.6 Å². The van der Waals surface area contributed by atoms with Gasteiger partial charge in [-0.3, -0.25) is 10.1 Å². The highest BCUT2D eigenvalue weighted by atomic mass is 32.2. The molecule has 3 aromatic rings. The summed E-state index contributed by atoms with van der Waals surface area (Å²) in [5, 5.41) is 10.5. The van der Waals surface area contributed by atoms with Crippen molar-refractivity contribution < 1.29 is 13.6 Å². The van der Waals surface area contributed by atoms with Crippen LogP contribution in [0, 0.1) is 19.7 Å². The number of aryl methyl sites for hydroxylation is 2. The Labute approximate surface area is 161 Å². The van der Waals surface area contributed by atoms with E-state index >= 15 is 0 Å². The Hall–Kier alpha value is -2.67. The molecule has 0 aliphatic heterocycles. The van der Waals surface area contributed by atoms with Crippen LogP contribution in [0.3, 0.4) is 0 Å². The second-order valence-electron chi connectivity index (χ2n) is 6.21. The smallest absolute Gasteiger partial charge is 0.322 e. The average molecular weight is 385 g/mol. The summed E-state index contributed by atoms with van der Waals surface area (Å²) in [7, 11) is 0. The van der Waals surface area contributed by atoms with Crippen molar-refractivity contribution in [2.45, 2.75) is 31.6 Å². The normalized spacial score (nSPS) is 10.8. The molecule has 0 unspecified atom stereocenters. The van der Waals surface area contributed by atoms with E-state index < -0.39 is 0 Å². The van der Waals surface area contributed by atoms with Gasteiger partial charge in [0.15, 0.2) is 0 Å². The van der Waals surface area contributed by atoms with Gasteiger partial charge in [0.05, 0.1) is 6.42 Å². The monoisotopic (exact) mass is 385 g/mol. The Morgan fingerprint density at radius 2 is 1.93 bits per heavy atom. The van der Waals surface area contributed by atoms with Crippen LogP contribution in [0.15, 0.2) is 51.8 Å². The second kappa shape index (κ2) is 8.81. The Kier molecular flexibility index (Phi) is 6.24. The largest absolute Gasteiger partial charge is 0.407 e. The quantitative estimate of drug-likeness (QED) is 0.605. The highest BCUT2D eigenvalue weighted by Crippen LogP contribution is 2.19. The lowest BCUT2D eigenvalue weighted by Gasteiger charge is -2.04. The number of halogens is 1. The zero-order valence-corrected chi connectivity index (χ0v) is 16.0. The number of hydrogen-bond donors (Lipinski definition) is 1. The number of benzene rings is 2. The van der Waals surface area contributed by atoms with Crippen LogP contribution in [-0.2, 0) is 11.2 Å². The molecular formula is C20H20FN3O2S. The first kappa shape index (κ1) is 19.1. The number of carbonyl (C=O) groups is 1. The first-order valence-corrected chi connectivity index (χ1v) is 9.55. The lowest BCUT2D eigenvalue weighted by Crippen LogP contribution is -2.12. The van der Waals surface area contributed by atoms with Crippen molar-refractivity contribution in [2.24, 2.45) is 0 Å². The zero-order chi connectivity index (χ0) is 19.2. The minimum atomic E-state index is -0.273. The fourth-order valence-corrected chi connectivity index (χ4v) is 3.41. The molecule has 0 aliphatic rings. The Bertz CT molecular complexity index is 925. The van der Waals surface area contributed by atoms with Crippen LogP contribution in [-0.4, -0.2) is 21.9 Å². The number of amides is 1. The van der Waals surface area contributed by atoms with Crippen LogP contribution < -0.4 is 5.32 Å². The van der Waals surface area contributed by atoms with Gasteiger partial charge in [-0.05, 0) is 49.2 Å². The molecule has 0 fully saturated rings. The van der Waals surface area contributed by atoms with Crippen LogP contribution >= 0.6 is 11.8 Å². The molecule has 0 saturated carbocycles. The number of rotatable bonds is 7. The SMILES string of the molecule is Cc1ccc(Cc2nnc(NC(=O)CCSc3ccc(F)cc3)o2)c(C)c1. The molecule has 5 nitrogen and oxygen atoms in total. The van der Waals surface area contributed by atoms with Gasteiger partial charge in [0.2, 0.25) is 11.8 Å². The fraction of sp³-hybridized carbons (Fsp3) is 0.250. The van der Waals surface area contributed by atoms with Crippen molar-refractivity contribution in [3.8, 4) is 0 Å². The van der Waals surface area contributed by atoms with Crippen LogP contribution in [0.25, 0.3) is 0 Å². The number of nitrogens with one attached hydrogen (secondary N) is 1. The van der Waals surface area contributed by atoms with Crippen molar-refractivity contribution in [3.63, 3.8) is 0 Å². The molecule has 27 heavy (non-hydrogen) atoms. The Morgan fingerprint density at radius 3 is 2.67 bits per heavy atom. The van der Waals surface area contributed by atoms with Crippen molar-refractivity contribution in [2.75, 3.05) is 11.1 Å². The molecule has 1 aromatic heterocycles. The number of carbonyl (C=O) groups excluding carboxylic acids is 1. The minimum absolute atomic E-state index is 0.103. The van der Waals surface area contributed by atoms with Gasteiger partial charge in [0.1, 0.15) is 5.82 Å². The van der Waals surface area contributed by atoms with Gasteiger partial charge < -0.3 is 4.42 Å². The summed E-state index contributed by atoms with van der Waals surface area (Å²) in [6.45, 7) is 4.09. The molecule has 2 aromatic carbocycles. The van der Waals surface area contributed by atoms with Gasteiger partial charge in [-0.1, -0.05) is 28.9 Å². The van der Waals surface area contributed by atoms with Crippen LogP contribution in [0.2, 0.25) is 0 Å². The van der Waals surface area contributed by atoms with Crippen molar-refractivity contribution in [3.05, 3.63) is 70.9 Å². The highest BCUT2D eigenvalue weighted by Gasteiger charge is 2.11. The number of hydrogen-bond acceptors (Lipinski definition) is 5. The zero-order valence-electron chi connectivity index (χ0n) is 15.2. The van der Waals surface area contributed by atoms with Crippen molar-refractivity contribution in [1.82, 2.24) is 10.2 Å². The molecule has 0 aliphatic carbocycles. The first-order chi connectivity index (χ1) is 13.0. The lowest BCUT2D eigenvalue weighted by atomic mass is 10.0. The summed E-state index contributed by atoms with van der Waals surface area (Å²) in [5.41, 5.74) is 3.47. The fourth-order valence-electron chi connectivity index (χ4n) is 2.56. The van der Waals surface area contributed by atoms with Gasteiger partial charge >= 0.3 is 6.01 Å². The van der Waals surface area contributed by atoms with Crippen molar-refractivity contribution >= 4 is 23.7 Å². The summed E-state index contributed by atoms with van der Waals surface area (Å²) >= 11 is 1.48. The molecule has 0 bridgehead atoms. The third-order valence-corrected chi connectivity index (χ3v) is 4.98. The topological polar surface area (TPSA) is 68.0 Å². The molecule has 0 saturated heterocycles. The molecule has 0 atom stereocenters. The molecule has 7 heteroatoms. The third-order valence-electron chi connectivity index (χ3n) is 3.96. The molecule has 1 heterocycles. The van der Waals surface area contributed by atoms with E-state index in [1.165, 1.54) is 29.5 Å². The second-order valence-corrected chi connectivity index (χ2v) is 7.38. The predicted molar refractivity (Wildman–Crippen MR) is 103 cm³/mol. The molecule has 140 valence electrons. The Balaban J connectivity index is 1.48. The number of nitrogens with zero attached hydrogens (tertiary/aromatic N) is 2. The summed E-state index contributed by atoms with van der Waals surface area (Å²) in [5.74, 6) is 0.551. The maximum Gasteiger partial charge on any atom is 0.322 e. The molecule has 0 spiro atoms. The van der Waals surface area contributed by atoms with E-state index in [4.69, 9.17) is 4.42 Å². The molecule has 1 N–H and O–H groups in total. The van der Waals surface area contributed by atoms with Gasteiger partial charge in [-0.2, -0.15) is 0 Å². The summed E-state index contributed by atoms with van der Waals surface area (Å²) < 4.78 is 18.4. The molecular weight excluding hydrogens is 365 g/mol. The highest BCUT2D eigenvalue weighted by molar-refractivity contribution is 7.99. The van der Waals surface area contributed by atoms with E-state index in [0.29, 0.717) is 18.1 Å². The lowest BCUT2D eigenvalue weighted by molar-refractivity contribution is -0.115. The third kappa shape index (κ3) is 5.65. The Morgan fingerprint density at radius 1 is 1.15 bits per heavy atom. The summed E-state index contributed by atoms with van der Waals surface area (Å²) in [6.07, 6.45) is 0.812. The van der Waals surface area contributed by atoms with E-state index in [9.17, 15) is 9.18 Å². The van der Waals surface area contributed by atoms with Crippen LogP contribution in [0.1, 0.15) is 29.0 Å². The number of thioether (sulfide) groups is 1. The van der Waals surface area contributed by atoms with E-state index in [1.807, 2.05) is 26.0 Å². The van der Waals surface area contributed by atoms with Crippen LogP contribution in [0.4, 0.5) is 10.4 Å².